The Morgan fingerprint density at radius 3 is 2.29 bits per heavy atom. The normalized spacial score (nSPS) is 26.9. The number of hydrogen-bond acceptors (Lipinski definition) is 1. The molecule has 0 aromatic heterocycles. The van der Waals surface area contributed by atoms with E-state index in [-0.39, 0.29) is 11.6 Å². The molecule has 0 radical (unpaired) electrons. The molecule has 4 heteroatoms. The van der Waals surface area contributed by atoms with Crippen molar-refractivity contribution in [3.63, 3.8) is 0 Å². The van der Waals surface area contributed by atoms with Gasteiger partial charge < -0.3 is 10.0 Å². The molecule has 0 aromatic carbocycles. The van der Waals surface area contributed by atoms with Crippen molar-refractivity contribution < 1.29 is 9.90 Å². The summed E-state index contributed by atoms with van der Waals surface area (Å²) in [5, 5.41) is 9.13. The van der Waals surface area contributed by atoms with Gasteiger partial charge in [0.1, 0.15) is 0 Å². The fraction of sp³-hybridized carbons (Fsp3) is 0.900. The fourth-order valence-electron chi connectivity index (χ4n) is 2.03. The van der Waals surface area contributed by atoms with Crippen molar-refractivity contribution in [3.05, 3.63) is 0 Å². The summed E-state index contributed by atoms with van der Waals surface area (Å²) in [4.78, 5) is 12.7. The Kier molecular flexibility index (Phi) is 3.66. The molecule has 3 nitrogen and oxygen atoms in total. The van der Waals surface area contributed by atoms with E-state index in [9.17, 15) is 4.79 Å². The maximum atomic E-state index is 11.1. The van der Waals surface area contributed by atoms with Crippen LogP contribution in [0, 0.1) is 5.92 Å². The molecule has 0 atom stereocenters. The molecule has 14 heavy (non-hydrogen) atoms. The summed E-state index contributed by atoms with van der Waals surface area (Å²) in [5.74, 6) is 0.727. The smallest absolute Gasteiger partial charge is 0.407 e. The maximum Gasteiger partial charge on any atom is 0.407 e. The lowest BCUT2D eigenvalue weighted by molar-refractivity contribution is 0.0244. The molecule has 1 fully saturated rings. The van der Waals surface area contributed by atoms with Crippen LogP contribution in [-0.2, 0) is 0 Å². The van der Waals surface area contributed by atoms with E-state index in [1.807, 2.05) is 20.8 Å². The molecule has 1 aliphatic rings. The second-order valence-electron chi connectivity index (χ2n) is 4.97. The lowest BCUT2D eigenvalue weighted by atomic mass is 9.79. The third-order valence-corrected chi connectivity index (χ3v) is 3.97. The third-order valence-electron chi connectivity index (χ3n) is 2.72. The third kappa shape index (κ3) is 2.52. The Labute approximate surface area is 99.0 Å². The summed E-state index contributed by atoms with van der Waals surface area (Å²) in [6, 6.07) is 0.243. The molecule has 0 aliphatic heterocycles. The van der Waals surface area contributed by atoms with Gasteiger partial charge in [0.2, 0.25) is 0 Å². The summed E-state index contributed by atoms with van der Waals surface area (Å²) in [7, 11) is 0. The van der Waals surface area contributed by atoms with Crippen molar-refractivity contribution in [1.82, 2.24) is 4.90 Å². The van der Waals surface area contributed by atoms with Gasteiger partial charge in [-0.25, -0.2) is 4.79 Å². The Balaban J connectivity index is 2.59. The minimum absolute atomic E-state index is 0.243. The Bertz CT molecular complexity index is 219. The van der Waals surface area contributed by atoms with Crippen LogP contribution in [0.5, 0.6) is 0 Å². The minimum Gasteiger partial charge on any atom is -0.465 e. The molecule has 0 heterocycles. The largest absolute Gasteiger partial charge is 0.465 e. The first-order valence-electron chi connectivity index (χ1n) is 4.94. The predicted molar refractivity (Wildman–Crippen MR) is 65.0 cm³/mol. The summed E-state index contributed by atoms with van der Waals surface area (Å²) in [6.45, 7) is 5.87. The highest BCUT2D eigenvalue weighted by atomic mass is 127. The van der Waals surface area contributed by atoms with Crippen molar-refractivity contribution in [2.45, 2.75) is 45.2 Å². The number of amides is 1. The molecule has 0 bridgehead atoms. The zero-order chi connectivity index (χ0) is 10.9. The van der Waals surface area contributed by atoms with Gasteiger partial charge in [-0.1, -0.05) is 22.6 Å². The van der Waals surface area contributed by atoms with Gasteiger partial charge in [-0.3, -0.25) is 0 Å². The van der Waals surface area contributed by atoms with E-state index in [4.69, 9.17) is 5.11 Å². The monoisotopic (exact) mass is 311 g/mol. The van der Waals surface area contributed by atoms with Gasteiger partial charge in [-0.15, -0.1) is 0 Å². The van der Waals surface area contributed by atoms with Crippen LogP contribution in [0.1, 0.15) is 33.6 Å². The van der Waals surface area contributed by atoms with Gasteiger partial charge in [0, 0.05) is 16.0 Å². The van der Waals surface area contributed by atoms with E-state index in [1.54, 1.807) is 4.90 Å². The second kappa shape index (κ2) is 4.24. The number of nitrogens with zero attached hydrogens (tertiary/aromatic N) is 1. The quantitative estimate of drug-likeness (QED) is 0.629. The Morgan fingerprint density at radius 2 is 2.00 bits per heavy atom. The zero-order valence-electron chi connectivity index (χ0n) is 8.96. The lowest BCUT2D eigenvalue weighted by Gasteiger charge is -2.47. The summed E-state index contributed by atoms with van der Waals surface area (Å²) in [6.07, 6.45) is 1.29. The first kappa shape index (κ1) is 12.1. The number of rotatable bonds is 2. The van der Waals surface area contributed by atoms with Crippen LogP contribution in [0.2, 0.25) is 0 Å². The first-order chi connectivity index (χ1) is 6.36. The van der Waals surface area contributed by atoms with Crippen LogP contribution < -0.4 is 0 Å². The van der Waals surface area contributed by atoms with E-state index < -0.39 is 6.09 Å². The van der Waals surface area contributed by atoms with Crippen LogP contribution in [0.3, 0.4) is 0 Å². The standard InChI is InChI=1S/C10H18INO2/c1-10(2,3)12(9(13)14)8-4-7(5-8)6-11/h7-8H,4-6H2,1-3H3,(H,13,14)/t7-,8-. The number of alkyl halides is 1. The number of carboxylic acid groups (broad SMARTS) is 1. The molecule has 0 saturated heterocycles. The van der Waals surface area contributed by atoms with Crippen LogP contribution in [0.15, 0.2) is 0 Å². The van der Waals surface area contributed by atoms with Gasteiger partial charge in [-0.2, -0.15) is 0 Å². The van der Waals surface area contributed by atoms with Crippen LogP contribution in [-0.4, -0.2) is 32.1 Å². The number of carbonyl (C=O) groups is 1. The number of halogens is 1. The predicted octanol–water partition coefficient (Wildman–Crippen LogP) is 2.98. The lowest BCUT2D eigenvalue weighted by Crippen LogP contribution is -2.56. The molecule has 0 aromatic rings. The molecule has 1 saturated carbocycles. The van der Waals surface area contributed by atoms with Gasteiger partial charge in [0.25, 0.3) is 0 Å². The average molecular weight is 311 g/mol. The first-order valence-corrected chi connectivity index (χ1v) is 6.47. The molecule has 1 aliphatic carbocycles. The van der Waals surface area contributed by atoms with Gasteiger partial charge in [-0.05, 0) is 39.5 Å². The zero-order valence-corrected chi connectivity index (χ0v) is 11.1. The van der Waals surface area contributed by atoms with Gasteiger partial charge >= 0.3 is 6.09 Å². The van der Waals surface area contributed by atoms with E-state index >= 15 is 0 Å². The van der Waals surface area contributed by atoms with E-state index in [0.29, 0.717) is 0 Å². The molecule has 82 valence electrons. The van der Waals surface area contributed by atoms with Crippen molar-refractivity contribution in [1.29, 1.82) is 0 Å². The van der Waals surface area contributed by atoms with E-state index in [0.717, 1.165) is 23.2 Å². The highest BCUT2D eigenvalue weighted by Gasteiger charge is 2.40. The number of hydrogen-bond donors (Lipinski definition) is 1. The topological polar surface area (TPSA) is 40.5 Å². The molecule has 1 amide bonds. The highest BCUT2D eigenvalue weighted by Crippen LogP contribution is 2.36. The fourth-order valence-corrected chi connectivity index (χ4v) is 2.75. The van der Waals surface area contributed by atoms with Gasteiger partial charge in [0.15, 0.2) is 0 Å². The summed E-state index contributed by atoms with van der Waals surface area (Å²) >= 11 is 2.37. The molecular formula is C10H18INO2. The average Bonchev–Trinajstić information content (AvgIpc) is 1.91. The van der Waals surface area contributed by atoms with Gasteiger partial charge in [0.05, 0.1) is 0 Å². The Morgan fingerprint density at radius 1 is 1.50 bits per heavy atom. The van der Waals surface area contributed by atoms with Crippen molar-refractivity contribution in [3.8, 4) is 0 Å². The van der Waals surface area contributed by atoms with E-state index in [2.05, 4.69) is 22.6 Å². The highest BCUT2D eigenvalue weighted by molar-refractivity contribution is 14.1. The molecule has 1 rings (SSSR count). The molecule has 0 unspecified atom stereocenters. The minimum atomic E-state index is -0.783. The SMILES string of the molecule is CC(C)(C)N(C(=O)O)[C@H]1C[C@H](CI)C1. The second-order valence-corrected chi connectivity index (χ2v) is 5.85. The van der Waals surface area contributed by atoms with Crippen molar-refractivity contribution in [2.24, 2.45) is 5.92 Å². The maximum absolute atomic E-state index is 11.1. The Hall–Kier alpha value is 0. The van der Waals surface area contributed by atoms with Crippen molar-refractivity contribution in [2.75, 3.05) is 4.43 Å². The van der Waals surface area contributed by atoms with Crippen molar-refractivity contribution >= 4 is 28.7 Å². The van der Waals surface area contributed by atoms with Crippen LogP contribution in [0.25, 0.3) is 0 Å². The van der Waals surface area contributed by atoms with Crippen LogP contribution >= 0.6 is 22.6 Å². The summed E-state index contributed by atoms with van der Waals surface area (Å²) in [5.41, 5.74) is -0.271. The molecule has 1 N–H and O–H groups in total. The molecule has 0 spiro atoms. The summed E-state index contributed by atoms with van der Waals surface area (Å²) < 4.78 is 1.14. The molecular weight excluding hydrogens is 293 g/mol. The van der Waals surface area contributed by atoms with E-state index in [1.165, 1.54) is 0 Å². The van der Waals surface area contributed by atoms with Crippen LogP contribution in [0.4, 0.5) is 4.79 Å².